The highest BCUT2D eigenvalue weighted by atomic mass is 35.5. The molecule has 11 aromatic rings. The molecule has 0 aliphatic heterocycles. The minimum atomic E-state index is -0.825. The topological polar surface area (TPSA) is 253 Å². The first-order chi connectivity index (χ1) is 51.0. The molecule has 2 amide bonds. The van der Waals surface area contributed by atoms with Gasteiger partial charge in [0.1, 0.15) is 48.5 Å². The summed E-state index contributed by atoms with van der Waals surface area (Å²) in [5, 5.41) is 47.0. The summed E-state index contributed by atoms with van der Waals surface area (Å²) in [5.74, 6) is 1.41. The number of ether oxygens (including phenoxy) is 4. The Morgan fingerprint density at radius 2 is 1.05 bits per heavy atom. The maximum absolute atomic E-state index is 11.8. The van der Waals surface area contributed by atoms with E-state index in [4.69, 9.17) is 83.8 Å². The van der Waals surface area contributed by atoms with Gasteiger partial charge in [0.15, 0.2) is 43.7 Å². The Hall–Kier alpha value is -10.9. The van der Waals surface area contributed by atoms with Crippen LogP contribution in [0.3, 0.4) is 0 Å². The number of nitrogens with zero attached hydrogens (tertiary/aromatic N) is 8. The SMILES string of the molecule is CCC(C)c1cc([N+](=O)[O-])cc([N+](=O)[O-])c1O.CCCCN(C)C(=O)Nc1ccc(Cl)c(Cl)c1.COC(=O)C(C)Oc1ccc(Oc2ccc(Cl)cc2Cl)cc1.C[n+]1ccc(-c2cc[n+](C)cc2)cc1.Cn1c(-c2ccccc2)cc(-c2ccccc2)[n+]1C.O=[N+]([O-])c1ccc(Oc2ccc(Cl)cc2Cl)cc1. The van der Waals surface area contributed by atoms with E-state index in [1.54, 1.807) is 105 Å². The molecule has 0 fully saturated rings. The van der Waals surface area contributed by atoms with Gasteiger partial charge in [-0.3, -0.25) is 30.3 Å². The summed E-state index contributed by atoms with van der Waals surface area (Å²) in [5.41, 5.74) is 7.30. The van der Waals surface area contributed by atoms with Gasteiger partial charge in [-0.1, -0.05) is 145 Å². The number of pyridine rings is 2. The highest BCUT2D eigenvalue weighted by Crippen LogP contribution is 2.40. The molecular weight excluding hydrogens is 1500 g/mol. The molecule has 107 heavy (non-hydrogen) atoms. The molecule has 0 saturated carbocycles. The van der Waals surface area contributed by atoms with E-state index in [1.807, 2.05) is 42.3 Å². The lowest BCUT2D eigenvalue weighted by molar-refractivity contribution is -0.740. The zero-order chi connectivity index (χ0) is 78.4. The first-order valence-corrected chi connectivity index (χ1v) is 35.3. The molecule has 22 nitrogen and oxygen atoms in total. The number of nitrogens with one attached hydrogen (secondary N) is 1. The summed E-state index contributed by atoms with van der Waals surface area (Å²) in [7, 11) is 11.3. The maximum Gasteiger partial charge on any atom is 0.346 e. The molecule has 0 aliphatic carbocycles. The number of methoxy groups -OCH3 is 1. The highest BCUT2D eigenvalue weighted by Gasteiger charge is 2.26. The summed E-state index contributed by atoms with van der Waals surface area (Å²) < 4.78 is 29.6. The van der Waals surface area contributed by atoms with Crippen LogP contribution in [-0.4, -0.2) is 68.3 Å². The van der Waals surface area contributed by atoms with Crippen LogP contribution in [0.4, 0.5) is 27.5 Å². The minimum absolute atomic E-state index is 0.00422. The number of nitro groups is 3. The van der Waals surface area contributed by atoms with Gasteiger partial charge in [-0.2, -0.15) is 4.68 Å². The maximum atomic E-state index is 11.8. The van der Waals surface area contributed by atoms with Gasteiger partial charge >= 0.3 is 17.7 Å². The first kappa shape index (κ1) is 85.1. The van der Waals surface area contributed by atoms with Crippen LogP contribution >= 0.6 is 69.6 Å². The number of phenolic OH excluding ortho intramolecular Hbond substituents is 1. The van der Waals surface area contributed by atoms with Gasteiger partial charge < -0.3 is 34.3 Å². The standard InChI is InChI=1S/C17H17N2.C16H14Cl2O4.C12H16Cl2N2O.C12H7Cl2NO3.C12H14N2.C10H12N2O5/c1-18-16(14-9-5-3-6-10-14)13-17(19(18)2)15-11-7-4-8-12-15;1-10(16(19)20-2)21-12-4-6-13(7-5-12)22-15-8-3-11(17)9-14(15)18;1-3-4-7-16(2)12(17)15-9-5-6-10(13)11(14)8-9;13-8-1-6-12(11(14)7-8)18-10-4-2-9(3-5-10)15(16)17;1-13-7-3-11(4-8-13)12-5-9-14(2)10-6-12;1-3-6(2)8-4-7(11(14)15)5-9(10(8)13)12(16)17/h3-13H,1-2H3;3-10H,1-2H3;5-6,8H,3-4,7H2,1-2H3,(H,15,17);1-7H;3-10H,1-2H3;4-6,13H,3H2,1-2H3/q+1;;;;+2;. The number of benzene rings is 8. The second kappa shape index (κ2) is 42.3. The number of aromatic nitrogens is 4. The van der Waals surface area contributed by atoms with E-state index in [-0.39, 0.29) is 28.9 Å². The number of esters is 1. The number of non-ortho nitro benzene ring substituents is 2. The van der Waals surface area contributed by atoms with Gasteiger partial charge in [0, 0.05) is 94.5 Å². The number of halogens is 6. The van der Waals surface area contributed by atoms with Crippen LogP contribution in [0.25, 0.3) is 33.6 Å². The number of rotatable bonds is 19. The van der Waals surface area contributed by atoms with Crippen molar-refractivity contribution in [1.29, 1.82) is 0 Å². The largest absolute Gasteiger partial charge is 0.502 e. The van der Waals surface area contributed by atoms with E-state index in [1.165, 1.54) is 71.1 Å². The molecule has 0 aliphatic rings. The Morgan fingerprint density at radius 3 is 1.50 bits per heavy atom. The van der Waals surface area contributed by atoms with Crippen molar-refractivity contribution in [3.8, 4) is 68.1 Å². The molecule has 2 unspecified atom stereocenters. The third-order valence-electron chi connectivity index (χ3n) is 15.8. The van der Waals surface area contributed by atoms with Crippen LogP contribution in [0.2, 0.25) is 30.1 Å². The second-order valence-electron chi connectivity index (χ2n) is 23.6. The predicted octanol–water partition coefficient (Wildman–Crippen LogP) is 20.6. The minimum Gasteiger partial charge on any atom is -0.502 e. The Balaban J connectivity index is 0.000000202. The zero-order valence-corrected chi connectivity index (χ0v) is 64.6. The van der Waals surface area contributed by atoms with Crippen molar-refractivity contribution >= 4 is 104 Å². The van der Waals surface area contributed by atoms with Gasteiger partial charge in [-0.15, -0.1) is 4.68 Å². The van der Waals surface area contributed by atoms with Crippen molar-refractivity contribution in [2.75, 3.05) is 26.0 Å². The Kier molecular flexibility index (Phi) is 33.7. The average Bonchev–Trinajstić information content (AvgIpc) is 1.09. The van der Waals surface area contributed by atoms with E-state index in [9.17, 15) is 45.0 Å². The predicted molar refractivity (Wildman–Crippen MR) is 420 cm³/mol. The van der Waals surface area contributed by atoms with Crippen molar-refractivity contribution in [2.24, 2.45) is 28.2 Å². The fraction of sp³-hybridized carbons (Fsp3) is 0.203. The summed E-state index contributed by atoms with van der Waals surface area (Å²) in [6, 6.07) is 60.9. The Morgan fingerprint density at radius 1 is 0.561 bits per heavy atom. The summed E-state index contributed by atoms with van der Waals surface area (Å²) in [4.78, 5) is 54.5. The van der Waals surface area contributed by atoms with Crippen molar-refractivity contribution in [2.45, 2.75) is 59.0 Å². The number of carbonyl (C=O) groups is 2. The lowest BCUT2D eigenvalue weighted by Crippen LogP contribution is -2.39. The number of anilines is 1. The molecule has 558 valence electrons. The molecule has 0 spiro atoms. The number of carbonyl (C=O) groups excluding carboxylic acids is 2. The Bertz CT molecular complexity index is 4660. The number of aromatic hydroxyl groups is 1. The highest BCUT2D eigenvalue weighted by molar-refractivity contribution is 6.42. The van der Waals surface area contributed by atoms with Gasteiger partial charge in [0.2, 0.25) is 5.69 Å². The van der Waals surface area contributed by atoms with Gasteiger partial charge in [-0.05, 0) is 140 Å². The van der Waals surface area contributed by atoms with Gasteiger partial charge in [-0.25, -0.2) is 18.7 Å². The number of aryl methyl sites for hydroxylation is 2. The monoisotopic (exact) mass is 1570 g/mol. The van der Waals surface area contributed by atoms with Crippen molar-refractivity contribution in [3.05, 3.63) is 297 Å². The van der Waals surface area contributed by atoms with Crippen LogP contribution in [0.5, 0.6) is 34.5 Å². The fourth-order valence-corrected chi connectivity index (χ4v) is 10.7. The summed E-state index contributed by atoms with van der Waals surface area (Å²) in [6.07, 6.45) is 10.2. The number of urea groups is 1. The van der Waals surface area contributed by atoms with Crippen LogP contribution in [-0.2, 0) is 37.7 Å². The lowest BCUT2D eigenvalue weighted by Gasteiger charge is -2.17. The number of phenols is 1. The molecule has 0 saturated heterocycles. The third kappa shape index (κ3) is 26.6. The molecular formula is C79H80Cl6N9O13+3. The third-order valence-corrected chi connectivity index (χ3v) is 17.6. The number of nitro benzene ring substituents is 3. The quantitative estimate of drug-likeness (QED) is 0.0331. The normalized spacial score (nSPS) is 10.8. The van der Waals surface area contributed by atoms with E-state index in [2.05, 4.69) is 144 Å². The van der Waals surface area contributed by atoms with E-state index < -0.39 is 38.3 Å². The first-order valence-electron chi connectivity index (χ1n) is 33.1. The van der Waals surface area contributed by atoms with Crippen molar-refractivity contribution < 1.29 is 62.2 Å². The van der Waals surface area contributed by atoms with Gasteiger partial charge in [0.25, 0.3) is 11.4 Å². The summed E-state index contributed by atoms with van der Waals surface area (Å²) >= 11 is 35.2. The zero-order valence-electron chi connectivity index (χ0n) is 60.1. The molecule has 0 bridgehead atoms. The molecule has 8 aromatic carbocycles. The van der Waals surface area contributed by atoms with E-state index in [0.717, 1.165) is 25.5 Å². The molecule has 2 N–H and O–H groups in total. The van der Waals surface area contributed by atoms with Gasteiger partial charge in [0.05, 0.1) is 55.1 Å². The van der Waals surface area contributed by atoms with Crippen LogP contribution in [0.1, 0.15) is 58.4 Å². The number of hydrogen-bond acceptors (Lipinski definition) is 13. The van der Waals surface area contributed by atoms with E-state index in [0.29, 0.717) is 71.0 Å². The number of amides is 2. The number of hydrogen-bond donors (Lipinski definition) is 2. The average molecular weight is 1580 g/mol. The fourth-order valence-electron chi connectivity index (χ4n) is 9.55. The van der Waals surface area contributed by atoms with Crippen LogP contribution in [0.15, 0.2) is 231 Å². The van der Waals surface area contributed by atoms with Crippen molar-refractivity contribution in [1.82, 2.24) is 9.58 Å². The molecule has 3 heterocycles. The number of unbranched alkanes of at least 4 members (excludes halogenated alkanes) is 1. The summed E-state index contributed by atoms with van der Waals surface area (Å²) in [6.45, 7) is 8.01. The second-order valence-corrected chi connectivity index (χ2v) is 26.1. The van der Waals surface area contributed by atoms with Crippen LogP contribution < -0.4 is 33.3 Å². The molecule has 2 atom stereocenters. The smallest absolute Gasteiger partial charge is 0.346 e. The molecule has 28 heteroatoms. The van der Waals surface area contributed by atoms with Crippen molar-refractivity contribution in [3.63, 3.8) is 0 Å². The Labute approximate surface area is 650 Å². The van der Waals surface area contributed by atoms with E-state index >= 15 is 0 Å². The molecule has 0 radical (unpaired) electrons. The molecule has 11 rings (SSSR count). The van der Waals surface area contributed by atoms with Crippen LogP contribution in [0, 0.1) is 30.3 Å². The lowest BCUT2D eigenvalue weighted by atomic mass is 9.96. The molecule has 3 aromatic heterocycles.